The molecular formula is C16H19F2N5O3S. The van der Waals surface area contributed by atoms with Gasteiger partial charge in [0.05, 0.1) is 32.4 Å². The Balaban J connectivity index is 1.75. The number of likely N-dealkylation sites (N-methyl/N-ethyl adjacent to an activating group) is 1. The van der Waals surface area contributed by atoms with E-state index in [9.17, 15) is 13.6 Å². The van der Waals surface area contributed by atoms with Gasteiger partial charge >= 0.3 is 6.09 Å². The summed E-state index contributed by atoms with van der Waals surface area (Å²) in [5.41, 5.74) is -0.117. The Hall–Kier alpha value is -2.69. The Labute approximate surface area is 160 Å². The normalized spacial score (nSPS) is 19.3. The molecule has 8 nitrogen and oxygen atoms in total. The lowest BCUT2D eigenvalue weighted by Gasteiger charge is -2.28. The standard InChI is InChI=1S/C16H19F2N5O3S/c1-21-3-4-22(9-20-21)14-12(17)5-10(6-13(14)18)23-8-11(26-16(23)24)7-19-15(27)25-2/h5-6,9,11H,3-4,7-8H2,1-2H3,(H,19,27)/t11-/m0/s1. The van der Waals surface area contributed by atoms with E-state index >= 15 is 0 Å². The summed E-state index contributed by atoms with van der Waals surface area (Å²) in [5, 5.41) is 8.64. The van der Waals surface area contributed by atoms with Crippen molar-refractivity contribution in [1.82, 2.24) is 10.3 Å². The highest BCUT2D eigenvalue weighted by molar-refractivity contribution is 7.80. The maximum absolute atomic E-state index is 14.6. The predicted octanol–water partition coefficient (Wildman–Crippen LogP) is 1.51. The molecule has 1 atom stereocenters. The van der Waals surface area contributed by atoms with Crippen molar-refractivity contribution in [2.24, 2.45) is 5.10 Å². The molecule has 1 aromatic rings. The monoisotopic (exact) mass is 399 g/mol. The lowest BCUT2D eigenvalue weighted by Crippen LogP contribution is -2.37. The van der Waals surface area contributed by atoms with Gasteiger partial charge in [-0.2, -0.15) is 5.10 Å². The first-order valence-electron chi connectivity index (χ1n) is 8.20. The maximum atomic E-state index is 14.6. The van der Waals surface area contributed by atoms with Gasteiger partial charge in [0.2, 0.25) is 0 Å². The van der Waals surface area contributed by atoms with Crippen LogP contribution in [0.25, 0.3) is 0 Å². The first-order chi connectivity index (χ1) is 12.9. The third-order valence-electron chi connectivity index (χ3n) is 4.19. The van der Waals surface area contributed by atoms with Gasteiger partial charge < -0.3 is 19.7 Å². The Morgan fingerprint density at radius 2 is 2.11 bits per heavy atom. The van der Waals surface area contributed by atoms with E-state index in [0.29, 0.717) is 13.1 Å². The van der Waals surface area contributed by atoms with Crippen molar-refractivity contribution in [1.29, 1.82) is 0 Å². The molecule has 27 heavy (non-hydrogen) atoms. The lowest BCUT2D eigenvalue weighted by molar-refractivity contribution is 0.142. The number of amides is 1. The molecule has 3 rings (SSSR count). The highest BCUT2D eigenvalue weighted by Crippen LogP contribution is 2.31. The van der Waals surface area contributed by atoms with Gasteiger partial charge in [0.15, 0.2) is 11.6 Å². The summed E-state index contributed by atoms with van der Waals surface area (Å²) in [6.07, 6.45) is 0.161. The highest BCUT2D eigenvalue weighted by Gasteiger charge is 2.33. The van der Waals surface area contributed by atoms with Gasteiger partial charge in [-0.1, -0.05) is 0 Å². The van der Waals surface area contributed by atoms with Gasteiger partial charge in [0.1, 0.15) is 18.1 Å². The zero-order valence-corrected chi connectivity index (χ0v) is 15.6. The molecule has 0 radical (unpaired) electrons. The molecule has 0 bridgehead atoms. The first-order valence-corrected chi connectivity index (χ1v) is 8.60. The molecule has 146 valence electrons. The van der Waals surface area contributed by atoms with E-state index in [4.69, 9.17) is 21.7 Å². The number of carbonyl (C=O) groups excluding carboxylic acids is 1. The number of hydrazone groups is 1. The molecule has 1 aromatic carbocycles. The van der Waals surface area contributed by atoms with E-state index in [-0.39, 0.29) is 29.6 Å². The molecule has 11 heteroatoms. The van der Waals surface area contributed by atoms with Crippen LogP contribution < -0.4 is 15.1 Å². The van der Waals surface area contributed by atoms with Crippen molar-refractivity contribution >= 4 is 41.2 Å². The number of nitrogens with one attached hydrogen (secondary N) is 1. The van der Waals surface area contributed by atoms with Gasteiger partial charge in [-0.05, 0) is 12.2 Å². The number of thiocarbonyl (C=S) groups is 1. The number of rotatable bonds is 4. The van der Waals surface area contributed by atoms with E-state index in [1.54, 1.807) is 12.1 Å². The summed E-state index contributed by atoms with van der Waals surface area (Å²) in [5.74, 6) is -1.56. The van der Waals surface area contributed by atoms with Crippen molar-refractivity contribution in [3.8, 4) is 0 Å². The average molecular weight is 399 g/mol. The number of anilines is 2. The summed E-state index contributed by atoms with van der Waals surface area (Å²) in [7, 11) is 3.19. The summed E-state index contributed by atoms with van der Waals surface area (Å²) >= 11 is 4.86. The molecule has 0 spiro atoms. The largest absolute Gasteiger partial charge is 0.474 e. The molecule has 2 aliphatic heterocycles. The van der Waals surface area contributed by atoms with Crippen LogP contribution in [0.5, 0.6) is 0 Å². The fourth-order valence-electron chi connectivity index (χ4n) is 2.78. The van der Waals surface area contributed by atoms with Gasteiger partial charge in [-0.3, -0.25) is 9.91 Å². The number of cyclic esters (lactones) is 1. The fraction of sp³-hybridized carbons (Fsp3) is 0.438. The summed E-state index contributed by atoms with van der Waals surface area (Å²) < 4.78 is 39.2. The Morgan fingerprint density at radius 3 is 2.70 bits per heavy atom. The van der Waals surface area contributed by atoms with E-state index in [1.807, 2.05) is 0 Å². The van der Waals surface area contributed by atoms with Gasteiger partial charge in [0, 0.05) is 25.7 Å². The van der Waals surface area contributed by atoms with E-state index in [2.05, 4.69) is 10.4 Å². The SMILES string of the molecule is COC(=S)NC[C@H]1CN(c2cc(F)c(N3C=NN(C)CC3)c(F)c2)C(=O)O1. The Bertz CT molecular complexity index is 755. The first kappa shape index (κ1) is 19.1. The van der Waals surface area contributed by atoms with Crippen LogP contribution in [0.3, 0.4) is 0 Å². The summed E-state index contributed by atoms with van der Waals surface area (Å²) in [6.45, 7) is 1.29. The van der Waals surface area contributed by atoms with Crippen LogP contribution in [-0.4, -0.2) is 69.1 Å². The molecular weight excluding hydrogens is 380 g/mol. The van der Waals surface area contributed by atoms with Crippen LogP contribution in [0.2, 0.25) is 0 Å². The van der Waals surface area contributed by atoms with E-state index < -0.39 is 23.8 Å². The van der Waals surface area contributed by atoms with Crippen molar-refractivity contribution < 1.29 is 23.0 Å². The molecule has 2 heterocycles. The molecule has 1 N–H and O–H groups in total. The van der Waals surface area contributed by atoms with Crippen LogP contribution >= 0.6 is 12.2 Å². The second-order valence-electron chi connectivity index (χ2n) is 6.05. The van der Waals surface area contributed by atoms with E-state index in [1.165, 1.54) is 23.2 Å². The van der Waals surface area contributed by atoms with Crippen LogP contribution in [0.4, 0.5) is 25.0 Å². The number of methoxy groups -OCH3 is 1. The van der Waals surface area contributed by atoms with Crippen LogP contribution in [0.15, 0.2) is 17.2 Å². The van der Waals surface area contributed by atoms with E-state index in [0.717, 1.165) is 12.1 Å². The second kappa shape index (κ2) is 7.91. The third-order valence-corrected chi connectivity index (χ3v) is 4.50. The molecule has 2 aliphatic rings. The summed E-state index contributed by atoms with van der Waals surface area (Å²) in [6, 6.07) is 2.23. The molecule has 1 fully saturated rings. The Morgan fingerprint density at radius 1 is 1.41 bits per heavy atom. The maximum Gasteiger partial charge on any atom is 0.414 e. The number of ether oxygens (including phenoxy) is 2. The predicted molar refractivity (Wildman–Crippen MR) is 100 cm³/mol. The molecule has 0 aromatic heterocycles. The number of nitrogens with zero attached hydrogens (tertiary/aromatic N) is 4. The van der Waals surface area contributed by atoms with Crippen LogP contribution in [0.1, 0.15) is 0 Å². The minimum atomic E-state index is -0.782. The van der Waals surface area contributed by atoms with Gasteiger partial charge in [0.25, 0.3) is 5.17 Å². The zero-order valence-electron chi connectivity index (χ0n) is 14.8. The third kappa shape index (κ3) is 4.18. The topological polar surface area (TPSA) is 69.6 Å². The summed E-state index contributed by atoms with van der Waals surface area (Å²) in [4.78, 5) is 14.6. The molecule has 1 saturated heterocycles. The molecule has 0 aliphatic carbocycles. The molecule has 0 unspecified atom stereocenters. The second-order valence-corrected chi connectivity index (χ2v) is 6.42. The van der Waals surface area contributed by atoms with Crippen LogP contribution in [-0.2, 0) is 9.47 Å². The van der Waals surface area contributed by atoms with Crippen molar-refractivity contribution in [2.45, 2.75) is 6.10 Å². The number of benzene rings is 1. The number of hydrogen-bond acceptors (Lipinski definition) is 7. The van der Waals surface area contributed by atoms with Crippen molar-refractivity contribution in [3.63, 3.8) is 0 Å². The van der Waals surface area contributed by atoms with Crippen molar-refractivity contribution in [2.75, 3.05) is 50.1 Å². The van der Waals surface area contributed by atoms with Crippen molar-refractivity contribution in [3.05, 3.63) is 23.8 Å². The number of carbonyl (C=O) groups is 1. The fourth-order valence-corrected chi connectivity index (χ4v) is 2.86. The van der Waals surface area contributed by atoms with Gasteiger partial charge in [-0.15, -0.1) is 0 Å². The van der Waals surface area contributed by atoms with Gasteiger partial charge in [-0.25, -0.2) is 13.6 Å². The smallest absolute Gasteiger partial charge is 0.414 e. The highest BCUT2D eigenvalue weighted by atomic mass is 32.1. The molecule has 0 saturated carbocycles. The number of halogens is 2. The molecule has 1 amide bonds. The average Bonchev–Trinajstić information content (AvgIpc) is 3.01. The zero-order chi connectivity index (χ0) is 19.6. The Kier molecular flexibility index (Phi) is 5.59. The lowest BCUT2D eigenvalue weighted by atomic mass is 10.2. The number of hydrogen-bond donors (Lipinski definition) is 1. The van der Waals surface area contributed by atoms with Crippen LogP contribution in [0, 0.1) is 11.6 Å². The minimum absolute atomic E-state index is 0.0848. The quantitative estimate of drug-likeness (QED) is 0.770. The minimum Gasteiger partial charge on any atom is -0.474 e.